The molecule has 5 heteroatoms. The Morgan fingerprint density at radius 1 is 1.50 bits per heavy atom. The molecule has 1 aliphatic heterocycles. The van der Waals surface area contributed by atoms with E-state index < -0.39 is 0 Å². The number of non-ortho nitro benzene ring substituents is 1. The predicted octanol–water partition coefficient (Wildman–Crippen LogP) is 2.05. The molecule has 4 nitrogen and oxygen atoms in total. The molecule has 0 saturated carbocycles. The van der Waals surface area contributed by atoms with Crippen LogP contribution in [-0.4, -0.2) is 23.8 Å². The van der Waals surface area contributed by atoms with Crippen molar-refractivity contribution in [3.8, 4) is 0 Å². The van der Waals surface area contributed by atoms with Crippen molar-refractivity contribution in [2.75, 3.05) is 18.8 Å². The molecule has 16 heavy (non-hydrogen) atoms. The van der Waals surface area contributed by atoms with Crippen LogP contribution in [0.1, 0.15) is 5.56 Å². The molecule has 0 bridgehead atoms. The Balaban J connectivity index is 1.83. The van der Waals surface area contributed by atoms with Crippen molar-refractivity contribution in [1.29, 1.82) is 0 Å². The van der Waals surface area contributed by atoms with E-state index in [1.807, 2.05) is 17.8 Å². The van der Waals surface area contributed by atoms with Crippen molar-refractivity contribution in [2.45, 2.75) is 5.75 Å². The average molecular weight is 238 g/mol. The highest BCUT2D eigenvalue weighted by Crippen LogP contribution is 2.20. The summed E-state index contributed by atoms with van der Waals surface area (Å²) in [7, 11) is 0. The predicted molar refractivity (Wildman–Crippen MR) is 65.6 cm³/mol. The smallest absolute Gasteiger partial charge is 0.269 e. The van der Waals surface area contributed by atoms with Gasteiger partial charge in [0, 0.05) is 17.9 Å². The third-order valence-corrected chi connectivity index (χ3v) is 3.85. The molecule has 86 valence electrons. The zero-order valence-corrected chi connectivity index (χ0v) is 9.70. The van der Waals surface area contributed by atoms with E-state index in [0.717, 1.165) is 36.1 Å². The summed E-state index contributed by atoms with van der Waals surface area (Å²) in [6, 6.07) is 6.88. The van der Waals surface area contributed by atoms with Crippen LogP contribution < -0.4 is 5.32 Å². The van der Waals surface area contributed by atoms with Crippen molar-refractivity contribution >= 4 is 17.4 Å². The highest BCUT2D eigenvalue weighted by atomic mass is 32.2. The lowest BCUT2D eigenvalue weighted by molar-refractivity contribution is -0.384. The quantitative estimate of drug-likeness (QED) is 0.630. The van der Waals surface area contributed by atoms with Crippen molar-refractivity contribution in [2.24, 2.45) is 5.92 Å². The lowest BCUT2D eigenvalue weighted by Crippen LogP contribution is -2.43. The average Bonchev–Trinajstić information content (AvgIpc) is 2.22. The Hall–Kier alpha value is -1.07. The second kappa shape index (κ2) is 5.32. The van der Waals surface area contributed by atoms with Gasteiger partial charge in [-0.3, -0.25) is 10.1 Å². The monoisotopic (exact) mass is 238 g/mol. The largest absolute Gasteiger partial charge is 0.316 e. The number of nitro benzene ring substituents is 1. The molecule has 0 unspecified atom stereocenters. The van der Waals surface area contributed by atoms with Gasteiger partial charge in [-0.1, -0.05) is 12.1 Å². The van der Waals surface area contributed by atoms with Gasteiger partial charge in [0.25, 0.3) is 5.69 Å². The lowest BCUT2D eigenvalue weighted by Gasteiger charge is -2.26. The van der Waals surface area contributed by atoms with Gasteiger partial charge in [-0.2, -0.15) is 11.8 Å². The van der Waals surface area contributed by atoms with Crippen LogP contribution in [0.4, 0.5) is 5.69 Å². The van der Waals surface area contributed by atoms with Crippen LogP contribution in [0.3, 0.4) is 0 Å². The second-order valence-electron chi connectivity index (χ2n) is 3.97. The number of benzene rings is 1. The van der Waals surface area contributed by atoms with Crippen LogP contribution in [-0.2, 0) is 5.75 Å². The Bertz CT molecular complexity index is 380. The fourth-order valence-corrected chi connectivity index (χ4v) is 2.67. The molecule has 0 spiro atoms. The fraction of sp³-hybridized carbons (Fsp3) is 0.455. The third-order valence-electron chi connectivity index (χ3n) is 2.61. The lowest BCUT2D eigenvalue weighted by atomic mass is 10.1. The number of nitro groups is 1. The summed E-state index contributed by atoms with van der Waals surface area (Å²) in [5, 5.41) is 13.8. The minimum atomic E-state index is -0.343. The van der Waals surface area contributed by atoms with Crippen molar-refractivity contribution in [1.82, 2.24) is 5.32 Å². The molecule has 0 atom stereocenters. The number of hydrogen-bond donors (Lipinski definition) is 1. The molecular weight excluding hydrogens is 224 g/mol. The van der Waals surface area contributed by atoms with Crippen molar-refractivity contribution < 1.29 is 4.92 Å². The van der Waals surface area contributed by atoms with Crippen LogP contribution in [0.25, 0.3) is 0 Å². The molecule has 0 aromatic heterocycles. The molecule has 1 N–H and O–H groups in total. The zero-order valence-electron chi connectivity index (χ0n) is 8.89. The van der Waals surface area contributed by atoms with Crippen LogP contribution in [0.5, 0.6) is 0 Å². The molecule has 1 saturated heterocycles. The molecule has 1 aliphatic rings. The molecule has 2 rings (SSSR count). The standard InChI is InChI=1S/C11H14N2O2S/c14-13(15)11-3-1-2-9(4-11)7-16-8-10-5-12-6-10/h1-4,10,12H,5-8H2. The molecule has 1 aromatic carbocycles. The Morgan fingerprint density at radius 3 is 2.94 bits per heavy atom. The topological polar surface area (TPSA) is 55.2 Å². The van der Waals surface area contributed by atoms with Gasteiger partial charge in [-0.15, -0.1) is 0 Å². The fourth-order valence-electron chi connectivity index (χ4n) is 1.57. The maximum absolute atomic E-state index is 10.6. The maximum Gasteiger partial charge on any atom is 0.269 e. The van der Waals surface area contributed by atoms with Crippen LogP contribution in [0, 0.1) is 16.0 Å². The third kappa shape index (κ3) is 2.96. The Kier molecular flexibility index (Phi) is 3.79. The van der Waals surface area contributed by atoms with E-state index in [4.69, 9.17) is 0 Å². The number of rotatable bonds is 5. The van der Waals surface area contributed by atoms with Gasteiger partial charge in [0.1, 0.15) is 0 Å². The van der Waals surface area contributed by atoms with E-state index in [0.29, 0.717) is 0 Å². The SMILES string of the molecule is O=[N+]([O-])c1cccc(CSCC2CNC2)c1. The summed E-state index contributed by atoms with van der Waals surface area (Å²) < 4.78 is 0. The first-order valence-corrected chi connectivity index (χ1v) is 6.43. The van der Waals surface area contributed by atoms with E-state index in [9.17, 15) is 10.1 Å². The molecule has 0 amide bonds. The number of nitrogens with one attached hydrogen (secondary N) is 1. The van der Waals surface area contributed by atoms with Crippen LogP contribution in [0.2, 0.25) is 0 Å². The first kappa shape index (κ1) is 11.4. The van der Waals surface area contributed by atoms with Crippen LogP contribution >= 0.6 is 11.8 Å². The van der Waals surface area contributed by atoms with Gasteiger partial charge in [-0.05, 0) is 30.3 Å². The van der Waals surface area contributed by atoms with E-state index in [-0.39, 0.29) is 10.6 Å². The number of hydrogen-bond acceptors (Lipinski definition) is 4. The van der Waals surface area contributed by atoms with Gasteiger partial charge in [0.2, 0.25) is 0 Å². The van der Waals surface area contributed by atoms with Gasteiger partial charge in [0.05, 0.1) is 4.92 Å². The molecular formula is C11H14N2O2S. The first-order chi connectivity index (χ1) is 7.75. The molecule has 1 fully saturated rings. The molecule has 1 heterocycles. The zero-order chi connectivity index (χ0) is 11.4. The summed E-state index contributed by atoms with van der Waals surface area (Å²) in [4.78, 5) is 10.2. The minimum absolute atomic E-state index is 0.184. The molecule has 1 aromatic rings. The van der Waals surface area contributed by atoms with Gasteiger partial charge in [-0.25, -0.2) is 0 Å². The summed E-state index contributed by atoms with van der Waals surface area (Å²) in [5.74, 6) is 2.78. The van der Waals surface area contributed by atoms with Crippen LogP contribution in [0.15, 0.2) is 24.3 Å². The second-order valence-corrected chi connectivity index (χ2v) is 5.00. The molecule has 0 radical (unpaired) electrons. The first-order valence-electron chi connectivity index (χ1n) is 5.27. The highest BCUT2D eigenvalue weighted by molar-refractivity contribution is 7.98. The Morgan fingerprint density at radius 2 is 2.31 bits per heavy atom. The van der Waals surface area contributed by atoms with Gasteiger partial charge >= 0.3 is 0 Å². The maximum atomic E-state index is 10.6. The summed E-state index contributed by atoms with van der Waals surface area (Å²) in [5.41, 5.74) is 1.22. The summed E-state index contributed by atoms with van der Waals surface area (Å²) in [6.07, 6.45) is 0. The highest BCUT2D eigenvalue weighted by Gasteiger charge is 2.16. The normalized spacial score (nSPS) is 15.8. The van der Waals surface area contributed by atoms with E-state index in [2.05, 4.69) is 5.32 Å². The number of nitrogens with zero attached hydrogens (tertiary/aromatic N) is 1. The van der Waals surface area contributed by atoms with Gasteiger partial charge in [0.15, 0.2) is 0 Å². The molecule has 0 aliphatic carbocycles. The minimum Gasteiger partial charge on any atom is -0.316 e. The number of thioether (sulfide) groups is 1. The van der Waals surface area contributed by atoms with Crippen molar-refractivity contribution in [3.05, 3.63) is 39.9 Å². The summed E-state index contributed by atoms with van der Waals surface area (Å²) >= 11 is 1.85. The van der Waals surface area contributed by atoms with E-state index in [1.165, 1.54) is 6.07 Å². The van der Waals surface area contributed by atoms with E-state index in [1.54, 1.807) is 12.1 Å². The van der Waals surface area contributed by atoms with E-state index >= 15 is 0 Å². The summed E-state index contributed by atoms with van der Waals surface area (Å²) in [6.45, 7) is 2.23. The Labute approximate surface area is 98.6 Å². The van der Waals surface area contributed by atoms with Gasteiger partial charge < -0.3 is 5.32 Å². The van der Waals surface area contributed by atoms with Crippen molar-refractivity contribution in [3.63, 3.8) is 0 Å².